The molecular formula is C36H37N10O11S3+. The van der Waals surface area contributed by atoms with E-state index in [1.807, 2.05) is 32.2 Å². The molecule has 4 aliphatic heterocycles. The molecule has 60 heavy (non-hydrogen) atoms. The van der Waals surface area contributed by atoms with Gasteiger partial charge in [0.2, 0.25) is 5.60 Å². The molecule has 3 atom stereocenters. The highest BCUT2D eigenvalue weighted by molar-refractivity contribution is 8.00. The number of hydrogen-bond acceptors (Lipinski definition) is 18. The fourth-order valence-corrected chi connectivity index (χ4v) is 8.99. The summed E-state index contributed by atoms with van der Waals surface area (Å²) in [5.41, 5.74) is 9.63. The zero-order chi connectivity index (χ0) is 43.7. The Morgan fingerprint density at radius 1 is 1.08 bits per heavy atom. The number of aliphatic imine (C=N–C) groups is 1. The number of aromatic nitrogens is 1. The number of carboxylic acid groups (broad SMARTS) is 1. The number of thioether (sulfide) groups is 1. The van der Waals surface area contributed by atoms with Crippen LogP contribution in [-0.4, -0.2) is 106 Å². The average molecular weight is 882 g/mol. The number of carboxylic acids is 1. The summed E-state index contributed by atoms with van der Waals surface area (Å²) >= 11 is 3.59. The summed E-state index contributed by atoms with van der Waals surface area (Å²) in [7, 11) is 0. The number of carbonyl (C=O) groups is 7. The third kappa shape index (κ3) is 9.10. The van der Waals surface area contributed by atoms with Crippen LogP contribution in [0.2, 0.25) is 0 Å². The molecule has 0 spiro atoms. The normalized spacial score (nSPS) is 20.7. The fraction of sp³-hybridized carbons (Fsp3) is 0.306. The van der Waals surface area contributed by atoms with Crippen LogP contribution >= 0.6 is 35.0 Å². The molecule has 0 bridgehead atoms. The average Bonchev–Trinajstić information content (AvgIpc) is 3.76. The Bertz CT molecular complexity index is 2420. The van der Waals surface area contributed by atoms with Crippen LogP contribution < -0.4 is 31.4 Å². The predicted molar refractivity (Wildman–Crippen MR) is 219 cm³/mol. The second-order valence-corrected chi connectivity index (χ2v) is 16.8. The molecule has 1 fully saturated rings. The summed E-state index contributed by atoms with van der Waals surface area (Å²) in [4.78, 5) is 104. The fourth-order valence-electron chi connectivity index (χ4n) is 5.81. The first kappa shape index (κ1) is 43.2. The van der Waals surface area contributed by atoms with Crippen molar-refractivity contribution in [3.05, 3.63) is 70.3 Å². The lowest BCUT2D eigenvalue weighted by atomic mass is 10.0. The van der Waals surface area contributed by atoms with Gasteiger partial charge in [-0.3, -0.25) is 44.5 Å². The third-order valence-electron chi connectivity index (χ3n) is 8.65. The maximum atomic E-state index is 13.8. The van der Waals surface area contributed by atoms with Gasteiger partial charge in [-0.1, -0.05) is 14.3 Å². The van der Waals surface area contributed by atoms with Gasteiger partial charge in [0.15, 0.2) is 22.3 Å². The first-order valence-electron chi connectivity index (χ1n) is 17.7. The van der Waals surface area contributed by atoms with Crippen LogP contribution in [0.3, 0.4) is 0 Å². The van der Waals surface area contributed by atoms with Crippen LogP contribution in [0, 0.1) is 0 Å². The number of esters is 2. The van der Waals surface area contributed by atoms with Crippen LogP contribution in [0.5, 0.6) is 11.5 Å². The number of hydrogen-bond donors (Lipinski definition) is 5. The molecule has 314 valence electrons. The minimum Gasteiger partial charge on any atom is -0.477 e. The van der Waals surface area contributed by atoms with Crippen molar-refractivity contribution in [1.29, 1.82) is 0 Å². The number of carbonyl (C=O) groups excluding carboxylic acids is 6. The van der Waals surface area contributed by atoms with Crippen molar-refractivity contribution in [2.45, 2.75) is 58.6 Å². The number of anilines is 1. The van der Waals surface area contributed by atoms with Gasteiger partial charge in [0.05, 0.1) is 11.8 Å². The van der Waals surface area contributed by atoms with Crippen molar-refractivity contribution in [3.63, 3.8) is 0 Å². The Labute approximate surface area is 353 Å². The molecule has 0 saturated carbocycles. The maximum absolute atomic E-state index is 13.8. The summed E-state index contributed by atoms with van der Waals surface area (Å²) < 4.78 is 10.0. The summed E-state index contributed by atoms with van der Waals surface area (Å²) in [6, 6.07) is 2.44. The van der Waals surface area contributed by atoms with E-state index in [1.165, 1.54) is 55.1 Å². The minimum atomic E-state index is -1.85. The zero-order valence-electron chi connectivity index (χ0n) is 32.6. The number of quaternary nitrogens is 1. The number of nitrogens with one attached hydrogen (secondary N) is 3. The van der Waals surface area contributed by atoms with Crippen molar-refractivity contribution in [2.75, 3.05) is 17.2 Å². The van der Waals surface area contributed by atoms with Gasteiger partial charge in [-0.05, 0) is 51.5 Å². The molecule has 4 aliphatic rings. The number of fused-ring (bicyclic) bond motifs is 2. The van der Waals surface area contributed by atoms with Gasteiger partial charge in [0.1, 0.15) is 46.7 Å². The monoisotopic (exact) mass is 881 g/mol. The first-order chi connectivity index (χ1) is 28.3. The number of amides is 4. The van der Waals surface area contributed by atoms with Crippen LogP contribution in [0.4, 0.5) is 5.13 Å². The molecule has 0 radical (unpaired) electrons. The standard InChI is InChI=1S/C36H36N10O11S3/c1-16-9-10-46(25(38-16)11-17(2)43-46)60-14-21-13-58-32-27(31(51)45(32)28(21)33(52)53)40-30(50)26(22-15-59-35(37)39-22)44-57-36(5,6)34(54)42-41-29(49)20-7-8-23(55-18(3)47)24(12-20)56-19(4)48/h7-12,15,27,32H,13-14H2,1-6H3,(H5-,37,39,40,41,42,44,49,50,52,53,54)/p+1/t27?,32-,46?/m0/s1. The van der Waals surface area contributed by atoms with E-state index in [1.54, 1.807) is 0 Å². The second kappa shape index (κ2) is 17.1. The topological polar surface area (TPSA) is 283 Å². The van der Waals surface area contributed by atoms with Gasteiger partial charge >= 0.3 is 17.9 Å². The highest BCUT2D eigenvalue weighted by Crippen LogP contribution is 2.44. The molecule has 1 aromatic carbocycles. The van der Waals surface area contributed by atoms with E-state index >= 15 is 0 Å². The number of nitrogens with zero attached hydrogens (tertiary/aromatic N) is 6. The van der Waals surface area contributed by atoms with E-state index in [4.69, 9.17) is 25.1 Å². The van der Waals surface area contributed by atoms with Gasteiger partial charge in [-0.15, -0.1) is 23.1 Å². The van der Waals surface area contributed by atoms with E-state index in [-0.39, 0.29) is 49.1 Å². The largest absolute Gasteiger partial charge is 0.477 e. The van der Waals surface area contributed by atoms with Gasteiger partial charge in [-0.25, -0.2) is 9.78 Å². The molecule has 6 N–H and O–H groups in total. The van der Waals surface area contributed by atoms with Gasteiger partial charge < -0.3 is 30.5 Å². The molecule has 24 heteroatoms. The SMILES string of the molecule is CC(=O)Oc1ccc(C(=O)NNC(=O)C(C)(C)ON=C(C(=O)NC2C(=O)N3C(C(=O)O)=C(CS[N+]45C=CC(C)=NC4=CC(C)=N5)CS[C@@H]23)c2csc(N)n2)cc1OC(C)=O. The van der Waals surface area contributed by atoms with Crippen LogP contribution in [0.25, 0.3) is 0 Å². The van der Waals surface area contributed by atoms with Gasteiger partial charge in [0.25, 0.3) is 29.4 Å². The highest BCUT2D eigenvalue weighted by Gasteiger charge is 2.55. The molecule has 6 rings (SSSR count). The number of allylic oxidation sites excluding steroid dienone is 2. The molecule has 0 aliphatic carbocycles. The minimum absolute atomic E-state index is 0.00685. The van der Waals surface area contributed by atoms with Crippen molar-refractivity contribution >= 4 is 98.8 Å². The number of nitrogens with two attached hydrogens (primary N) is 1. The van der Waals surface area contributed by atoms with Crippen LogP contribution in [0.15, 0.2) is 74.3 Å². The summed E-state index contributed by atoms with van der Waals surface area (Å²) in [5, 5.41) is 22.2. The van der Waals surface area contributed by atoms with E-state index < -0.39 is 64.3 Å². The van der Waals surface area contributed by atoms with Crippen LogP contribution in [0.1, 0.15) is 57.6 Å². The van der Waals surface area contributed by atoms with E-state index in [9.17, 15) is 38.7 Å². The molecule has 1 saturated heterocycles. The number of benzene rings is 1. The number of β-lactam (4-membered cyclic amide) rings is 1. The highest BCUT2D eigenvalue weighted by atomic mass is 32.2. The summed E-state index contributed by atoms with van der Waals surface area (Å²) in [6.07, 6.45) is 5.55. The molecule has 5 heterocycles. The van der Waals surface area contributed by atoms with E-state index in [2.05, 4.69) is 31.3 Å². The molecule has 2 unspecified atom stereocenters. The summed E-state index contributed by atoms with van der Waals surface area (Å²) in [5.74, 6) is -5.34. The first-order valence-corrected chi connectivity index (χ1v) is 20.5. The number of thiazole rings is 1. The Balaban J connectivity index is 1.12. The van der Waals surface area contributed by atoms with Gasteiger partial charge in [-0.2, -0.15) is 4.99 Å². The second-order valence-electron chi connectivity index (χ2n) is 13.7. The third-order valence-corrected chi connectivity index (χ3v) is 11.9. The van der Waals surface area contributed by atoms with E-state index in [0.29, 0.717) is 11.4 Å². The van der Waals surface area contributed by atoms with Gasteiger partial charge in [0, 0.05) is 42.3 Å². The number of oxime groups is 1. The molecular weight excluding hydrogens is 845 g/mol. The predicted octanol–water partition coefficient (Wildman–Crippen LogP) is 1.96. The molecule has 1 aromatic heterocycles. The lowest BCUT2D eigenvalue weighted by molar-refractivity contribution is -0.701. The van der Waals surface area contributed by atoms with Crippen molar-refractivity contribution in [2.24, 2.45) is 15.2 Å². The Hall–Kier alpha value is -6.37. The summed E-state index contributed by atoms with van der Waals surface area (Å²) in [6.45, 7) is 8.52. The molecule has 4 amide bonds. The number of nitrogen functional groups attached to an aromatic ring is 1. The smallest absolute Gasteiger partial charge is 0.352 e. The Kier molecular flexibility index (Phi) is 12.3. The Morgan fingerprint density at radius 2 is 1.80 bits per heavy atom. The lowest BCUT2D eigenvalue weighted by Crippen LogP contribution is -2.71. The zero-order valence-corrected chi connectivity index (χ0v) is 35.1. The lowest BCUT2D eigenvalue weighted by Gasteiger charge is -2.49. The molecule has 2 aromatic rings. The molecule has 21 nitrogen and oxygen atoms in total. The number of aliphatic carboxylic acids is 1. The number of rotatable bonds is 13. The van der Waals surface area contributed by atoms with Crippen molar-refractivity contribution in [1.82, 2.24) is 26.1 Å². The number of ether oxygens (including phenoxy) is 2. The van der Waals surface area contributed by atoms with Crippen LogP contribution in [-0.2, 0) is 33.6 Å². The maximum Gasteiger partial charge on any atom is 0.352 e. The van der Waals surface area contributed by atoms with Crippen molar-refractivity contribution < 1.29 is 57.0 Å². The number of hydrazine groups is 1. The Morgan fingerprint density at radius 3 is 2.47 bits per heavy atom. The quantitative estimate of drug-likeness (QED) is 0.0366. The van der Waals surface area contributed by atoms with E-state index in [0.717, 1.165) is 47.6 Å². The van der Waals surface area contributed by atoms with Crippen molar-refractivity contribution in [3.8, 4) is 11.5 Å².